The van der Waals surface area contributed by atoms with Gasteiger partial charge in [0.2, 0.25) is 5.91 Å². The van der Waals surface area contributed by atoms with Gasteiger partial charge in [0, 0.05) is 25.2 Å². The maximum Gasteiger partial charge on any atom is 0.234 e. The molecule has 1 amide bonds. The Morgan fingerprint density at radius 2 is 2.15 bits per heavy atom. The Kier molecular flexibility index (Phi) is 8.11. The maximum absolute atomic E-state index is 11.9. The molecule has 0 radical (unpaired) electrons. The summed E-state index contributed by atoms with van der Waals surface area (Å²) in [6, 6.07) is 0.473. The normalized spacial score (nSPS) is 21.9. The van der Waals surface area contributed by atoms with Crippen LogP contribution in [0, 0.1) is 0 Å². The molecule has 5 heteroatoms. The van der Waals surface area contributed by atoms with Crippen LogP contribution < -0.4 is 11.1 Å². The number of rotatable bonds is 8. The summed E-state index contributed by atoms with van der Waals surface area (Å²) in [5.74, 6) is 0.0992. The molecule has 1 fully saturated rings. The number of nitrogens with zero attached hydrogens (tertiary/aromatic N) is 1. The third-order valence-corrected chi connectivity index (χ3v) is 3.71. The van der Waals surface area contributed by atoms with Crippen molar-refractivity contribution in [3.63, 3.8) is 0 Å². The SMILES string of the molecule is CC(C)OCCCNC(=O)CN1CCCCC1C(C)N. The van der Waals surface area contributed by atoms with Crippen LogP contribution in [0.2, 0.25) is 0 Å². The van der Waals surface area contributed by atoms with Gasteiger partial charge in [0.25, 0.3) is 0 Å². The van der Waals surface area contributed by atoms with Crippen molar-refractivity contribution in [1.29, 1.82) is 0 Å². The molecule has 5 nitrogen and oxygen atoms in total. The Bertz CT molecular complexity index is 282. The fourth-order valence-corrected chi connectivity index (χ4v) is 2.67. The Morgan fingerprint density at radius 1 is 1.40 bits per heavy atom. The highest BCUT2D eigenvalue weighted by Crippen LogP contribution is 2.18. The van der Waals surface area contributed by atoms with Crippen molar-refractivity contribution in [2.75, 3.05) is 26.2 Å². The largest absolute Gasteiger partial charge is 0.379 e. The van der Waals surface area contributed by atoms with Gasteiger partial charge in [-0.1, -0.05) is 6.42 Å². The third-order valence-electron chi connectivity index (χ3n) is 3.71. The lowest BCUT2D eigenvalue weighted by atomic mass is 9.97. The minimum absolute atomic E-state index is 0.0992. The lowest BCUT2D eigenvalue weighted by Crippen LogP contribution is -2.52. The molecular weight excluding hydrogens is 254 g/mol. The van der Waals surface area contributed by atoms with Crippen LogP contribution in [0.25, 0.3) is 0 Å². The molecule has 1 aliphatic rings. The van der Waals surface area contributed by atoms with Gasteiger partial charge in [0.15, 0.2) is 0 Å². The Hall–Kier alpha value is -0.650. The number of amides is 1. The molecule has 118 valence electrons. The minimum Gasteiger partial charge on any atom is -0.379 e. The number of carbonyl (C=O) groups is 1. The molecule has 1 rings (SSSR count). The predicted molar refractivity (Wildman–Crippen MR) is 81.6 cm³/mol. The summed E-state index contributed by atoms with van der Waals surface area (Å²) in [6.07, 6.45) is 4.61. The number of hydrogen-bond donors (Lipinski definition) is 2. The molecule has 0 aromatic heterocycles. The molecule has 0 aromatic carbocycles. The van der Waals surface area contributed by atoms with Crippen molar-refractivity contribution in [3.05, 3.63) is 0 Å². The van der Waals surface area contributed by atoms with E-state index < -0.39 is 0 Å². The average Bonchev–Trinajstić information content (AvgIpc) is 2.38. The number of piperidine rings is 1. The summed E-state index contributed by atoms with van der Waals surface area (Å²) in [5, 5.41) is 2.96. The van der Waals surface area contributed by atoms with Gasteiger partial charge in [-0.15, -0.1) is 0 Å². The first kappa shape index (κ1) is 17.4. The monoisotopic (exact) mass is 285 g/mol. The van der Waals surface area contributed by atoms with Crippen molar-refractivity contribution in [1.82, 2.24) is 10.2 Å². The van der Waals surface area contributed by atoms with Crippen molar-refractivity contribution in [2.45, 2.75) is 64.6 Å². The van der Waals surface area contributed by atoms with Crippen LogP contribution in [0.4, 0.5) is 0 Å². The lowest BCUT2D eigenvalue weighted by molar-refractivity contribution is -0.123. The highest BCUT2D eigenvalue weighted by Gasteiger charge is 2.26. The maximum atomic E-state index is 11.9. The van der Waals surface area contributed by atoms with Crippen LogP contribution in [0.1, 0.15) is 46.5 Å². The summed E-state index contributed by atoms with van der Waals surface area (Å²) < 4.78 is 5.44. The summed E-state index contributed by atoms with van der Waals surface area (Å²) >= 11 is 0. The van der Waals surface area contributed by atoms with E-state index in [0.717, 1.165) is 19.4 Å². The number of nitrogens with two attached hydrogens (primary N) is 1. The van der Waals surface area contributed by atoms with E-state index in [1.165, 1.54) is 12.8 Å². The van der Waals surface area contributed by atoms with Gasteiger partial charge in [0.1, 0.15) is 0 Å². The summed E-state index contributed by atoms with van der Waals surface area (Å²) in [4.78, 5) is 14.2. The molecule has 0 spiro atoms. The van der Waals surface area contributed by atoms with E-state index in [4.69, 9.17) is 10.5 Å². The Labute approximate surface area is 123 Å². The average molecular weight is 285 g/mol. The standard InChI is InChI=1S/C15H31N3O2/c1-12(2)20-10-6-8-17-15(19)11-18-9-5-4-7-14(18)13(3)16/h12-14H,4-11,16H2,1-3H3,(H,17,19). The number of nitrogens with one attached hydrogen (secondary N) is 1. The van der Waals surface area contributed by atoms with E-state index in [1.807, 2.05) is 20.8 Å². The topological polar surface area (TPSA) is 67.6 Å². The zero-order valence-electron chi connectivity index (χ0n) is 13.2. The molecule has 0 aliphatic carbocycles. The zero-order chi connectivity index (χ0) is 15.0. The smallest absolute Gasteiger partial charge is 0.234 e. The van der Waals surface area contributed by atoms with Crippen molar-refractivity contribution >= 4 is 5.91 Å². The molecule has 3 N–H and O–H groups in total. The van der Waals surface area contributed by atoms with Gasteiger partial charge in [-0.05, 0) is 46.6 Å². The first-order valence-electron chi connectivity index (χ1n) is 7.88. The van der Waals surface area contributed by atoms with E-state index in [2.05, 4.69) is 10.2 Å². The third kappa shape index (κ3) is 6.68. The first-order chi connectivity index (χ1) is 9.50. The highest BCUT2D eigenvalue weighted by molar-refractivity contribution is 5.78. The zero-order valence-corrected chi connectivity index (χ0v) is 13.2. The summed E-state index contributed by atoms with van der Waals surface area (Å²) in [7, 11) is 0. The quantitative estimate of drug-likeness (QED) is 0.656. The molecule has 1 aliphatic heterocycles. The number of likely N-dealkylation sites (tertiary alicyclic amines) is 1. The second-order valence-corrected chi connectivity index (χ2v) is 6.02. The van der Waals surface area contributed by atoms with Gasteiger partial charge in [-0.2, -0.15) is 0 Å². The fraction of sp³-hybridized carbons (Fsp3) is 0.933. The molecule has 0 saturated carbocycles. The fourth-order valence-electron chi connectivity index (χ4n) is 2.67. The second kappa shape index (κ2) is 9.32. The van der Waals surface area contributed by atoms with E-state index >= 15 is 0 Å². The lowest BCUT2D eigenvalue weighted by Gasteiger charge is -2.37. The molecule has 0 bridgehead atoms. The second-order valence-electron chi connectivity index (χ2n) is 6.02. The molecule has 1 heterocycles. The van der Waals surface area contributed by atoms with Gasteiger partial charge >= 0.3 is 0 Å². The number of carbonyl (C=O) groups excluding carboxylic acids is 1. The van der Waals surface area contributed by atoms with E-state index in [0.29, 0.717) is 25.7 Å². The molecule has 20 heavy (non-hydrogen) atoms. The van der Waals surface area contributed by atoms with E-state index in [1.54, 1.807) is 0 Å². The van der Waals surface area contributed by atoms with Crippen molar-refractivity contribution < 1.29 is 9.53 Å². The first-order valence-corrected chi connectivity index (χ1v) is 7.88. The number of hydrogen-bond acceptors (Lipinski definition) is 4. The number of ether oxygens (including phenoxy) is 1. The molecule has 1 saturated heterocycles. The van der Waals surface area contributed by atoms with E-state index in [9.17, 15) is 4.79 Å². The Morgan fingerprint density at radius 3 is 2.80 bits per heavy atom. The van der Waals surface area contributed by atoms with Crippen LogP contribution in [0.3, 0.4) is 0 Å². The van der Waals surface area contributed by atoms with Gasteiger partial charge in [-0.25, -0.2) is 0 Å². The van der Waals surface area contributed by atoms with Crippen LogP contribution in [0.15, 0.2) is 0 Å². The van der Waals surface area contributed by atoms with Crippen LogP contribution >= 0.6 is 0 Å². The minimum atomic E-state index is 0.0992. The molecular formula is C15H31N3O2. The van der Waals surface area contributed by atoms with Gasteiger partial charge in [0.05, 0.1) is 12.6 Å². The molecule has 2 unspecified atom stereocenters. The van der Waals surface area contributed by atoms with Crippen molar-refractivity contribution in [3.8, 4) is 0 Å². The van der Waals surface area contributed by atoms with Crippen molar-refractivity contribution in [2.24, 2.45) is 5.73 Å². The van der Waals surface area contributed by atoms with Crippen LogP contribution in [-0.4, -0.2) is 55.2 Å². The summed E-state index contributed by atoms with van der Waals surface area (Å²) in [5.41, 5.74) is 6.01. The van der Waals surface area contributed by atoms with Gasteiger partial charge in [-0.3, -0.25) is 9.69 Å². The highest BCUT2D eigenvalue weighted by atomic mass is 16.5. The summed E-state index contributed by atoms with van der Waals surface area (Å²) in [6.45, 7) is 8.90. The van der Waals surface area contributed by atoms with Gasteiger partial charge < -0.3 is 15.8 Å². The predicted octanol–water partition coefficient (Wildman–Crippen LogP) is 1.12. The Balaban J connectivity index is 2.20. The van der Waals surface area contributed by atoms with E-state index in [-0.39, 0.29) is 18.1 Å². The van der Waals surface area contributed by atoms with Crippen LogP contribution in [0.5, 0.6) is 0 Å². The molecule has 0 aromatic rings. The van der Waals surface area contributed by atoms with Crippen LogP contribution in [-0.2, 0) is 9.53 Å². The molecule has 2 atom stereocenters.